The monoisotopic (exact) mass is 301 g/mol. The first-order valence-corrected chi connectivity index (χ1v) is 7.38. The fourth-order valence-corrected chi connectivity index (χ4v) is 2.20. The molecule has 0 radical (unpaired) electrons. The number of carbonyl (C=O) groups excluding carboxylic acids is 1. The third-order valence-corrected chi connectivity index (χ3v) is 3.60. The highest BCUT2D eigenvalue weighted by atomic mass is 16.5. The predicted molar refractivity (Wildman–Crippen MR) is 85.7 cm³/mol. The zero-order chi connectivity index (χ0) is 16.2. The second-order valence-corrected chi connectivity index (χ2v) is 6.22. The van der Waals surface area contributed by atoms with Crippen molar-refractivity contribution in [3.05, 3.63) is 52.9 Å². The lowest BCUT2D eigenvalue weighted by atomic mass is 9.84. The van der Waals surface area contributed by atoms with Crippen LogP contribution in [0.15, 0.2) is 34.9 Å². The number of benzene rings is 1. The zero-order valence-electron chi connectivity index (χ0n) is 13.6. The van der Waals surface area contributed by atoms with Gasteiger partial charge in [-0.25, -0.2) is 4.79 Å². The van der Waals surface area contributed by atoms with E-state index in [0.29, 0.717) is 18.8 Å². The SMILES string of the molecule is Cc1cccc(C(C)(C)CNC(=O)NCc2cc(C)on2)c1. The molecule has 2 N–H and O–H groups in total. The molecule has 0 spiro atoms. The highest BCUT2D eigenvalue weighted by Crippen LogP contribution is 2.22. The summed E-state index contributed by atoms with van der Waals surface area (Å²) >= 11 is 0. The predicted octanol–water partition coefficient (Wildman–Crippen LogP) is 3.07. The van der Waals surface area contributed by atoms with Crippen molar-refractivity contribution in [3.63, 3.8) is 0 Å². The third kappa shape index (κ3) is 4.35. The van der Waals surface area contributed by atoms with Gasteiger partial charge in [-0.15, -0.1) is 0 Å². The molecule has 1 heterocycles. The molecule has 0 unspecified atom stereocenters. The molecular formula is C17H23N3O2. The minimum atomic E-state index is -0.207. The van der Waals surface area contributed by atoms with Crippen LogP contribution in [-0.4, -0.2) is 17.7 Å². The number of aromatic nitrogens is 1. The maximum absolute atomic E-state index is 11.9. The molecule has 1 aromatic heterocycles. The summed E-state index contributed by atoms with van der Waals surface area (Å²) in [5, 5.41) is 9.52. The first kappa shape index (κ1) is 16.1. The van der Waals surface area contributed by atoms with Gasteiger partial charge in [0.1, 0.15) is 11.5 Å². The summed E-state index contributed by atoms with van der Waals surface area (Å²) in [4.78, 5) is 11.9. The molecule has 0 fully saturated rings. The van der Waals surface area contributed by atoms with Crippen LogP contribution in [0.25, 0.3) is 0 Å². The Morgan fingerprint density at radius 1 is 1.23 bits per heavy atom. The van der Waals surface area contributed by atoms with E-state index in [9.17, 15) is 4.79 Å². The molecule has 0 aliphatic carbocycles. The summed E-state index contributed by atoms with van der Waals surface area (Å²) in [5.41, 5.74) is 3.01. The number of nitrogens with one attached hydrogen (secondary N) is 2. The van der Waals surface area contributed by atoms with Crippen molar-refractivity contribution < 1.29 is 9.32 Å². The van der Waals surface area contributed by atoms with E-state index in [1.165, 1.54) is 11.1 Å². The van der Waals surface area contributed by atoms with Gasteiger partial charge in [-0.3, -0.25) is 0 Å². The van der Waals surface area contributed by atoms with Gasteiger partial charge < -0.3 is 15.2 Å². The number of hydrogen-bond acceptors (Lipinski definition) is 3. The summed E-state index contributed by atoms with van der Waals surface area (Å²) in [6.07, 6.45) is 0. The van der Waals surface area contributed by atoms with Gasteiger partial charge in [0.25, 0.3) is 0 Å². The van der Waals surface area contributed by atoms with E-state index < -0.39 is 0 Å². The topological polar surface area (TPSA) is 67.2 Å². The fraction of sp³-hybridized carbons (Fsp3) is 0.412. The van der Waals surface area contributed by atoms with Crippen LogP contribution in [0, 0.1) is 13.8 Å². The Hall–Kier alpha value is -2.30. The van der Waals surface area contributed by atoms with E-state index in [0.717, 1.165) is 5.76 Å². The molecule has 0 aliphatic rings. The normalized spacial score (nSPS) is 11.3. The van der Waals surface area contributed by atoms with Crippen LogP contribution in [0.1, 0.15) is 36.4 Å². The molecule has 2 aromatic rings. The molecule has 2 rings (SSSR count). The van der Waals surface area contributed by atoms with Crippen molar-refractivity contribution in [2.45, 2.75) is 39.7 Å². The van der Waals surface area contributed by atoms with E-state index in [1.807, 2.05) is 13.0 Å². The Morgan fingerprint density at radius 3 is 2.64 bits per heavy atom. The molecule has 5 nitrogen and oxygen atoms in total. The van der Waals surface area contributed by atoms with Gasteiger partial charge >= 0.3 is 6.03 Å². The zero-order valence-corrected chi connectivity index (χ0v) is 13.6. The Labute approximate surface area is 131 Å². The van der Waals surface area contributed by atoms with Crippen LogP contribution in [0.5, 0.6) is 0 Å². The minimum absolute atomic E-state index is 0.131. The third-order valence-electron chi connectivity index (χ3n) is 3.60. The molecule has 0 bridgehead atoms. The second kappa shape index (κ2) is 6.64. The van der Waals surface area contributed by atoms with Crippen LogP contribution in [0.2, 0.25) is 0 Å². The highest BCUT2D eigenvalue weighted by molar-refractivity contribution is 5.73. The van der Waals surface area contributed by atoms with E-state index in [2.05, 4.69) is 54.8 Å². The molecule has 0 saturated carbocycles. The fourth-order valence-electron chi connectivity index (χ4n) is 2.20. The van der Waals surface area contributed by atoms with Gasteiger partial charge in [0.2, 0.25) is 0 Å². The Kier molecular flexibility index (Phi) is 4.85. The first-order chi connectivity index (χ1) is 10.4. The number of amides is 2. The Morgan fingerprint density at radius 2 is 2.00 bits per heavy atom. The van der Waals surface area contributed by atoms with Crippen molar-refractivity contribution >= 4 is 6.03 Å². The number of carbonyl (C=O) groups is 1. The van der Waals surface area contributed by atoms with Crippen molar-refractivity contribution in [1.29, 1.82) is 0 Å². The number of rotatable bonds is 5. The molecule has 22 heavy (non-hydrogen) atoms. The molecule has 118 valence electrons. The molecular weight excluding hydrogens is 278 g/mol. The van der Waals surface area contributed by atoms with Crippen LogP contribution in [-0.2, 0) is 12.0 Å². The lowest BCUT2D eigenvalue weighted by Crippen LogP contribution is -2.42. The maximum atomic E-state index is 11.9. The number of urea groups is 1. The van der Waals surface area contributed by atoms with Crippen LogP contribution in [0.3, 0.4) is 0 Å². The van der Waals surface area contributed by atoms with E-state index in [1.54, 1.807) is 6.07 Å². The largest absolute Gasteiger partial charge is 0.361 e. The van der Waals surface area contributed by atoms with Crippen LogP contribution < -0.4 is 10.6 Å². The summed E-state index contributed by atoms with van der Waals surface area (Å²) in [7, 11) is 0. The first-order valence-electron chi connectivity index (χ1n) is 7.38. The van der Waals surface area contributed by atoms with Gasteiger partial charge in [-0.05, 0) is 19.4 Å². The molecule has 0 atom stereocenters. The molecule has 0 saturated heterocycles. The highest BCUT2D eigenvalue weighted by Gasteiger charge is 2.21. The maximum Gasteiger partial charge on any atom is 0.315 e. The van der Waals surface area contributed by atoms with Crippen molar-refractivity contribution in [3.8, 4) is 0 Å². The van der Waals surface area contributed by atoms with Gasteiger partial charge in [0, 0.05) is 18.0 Å². The summed E-state index contributed by atoms with van der Waals surface area (Å²) in [6, 6.07) is 9.94. The molecule has 0 aliphatic heterocycles. The Bertz CT molecular complexity index is 647. The molecule has 1 aromatic carbocycles. The average molecular weight is 301 g/mol. The van der Waals surface area contributed by atoms with E-state index >= 15 is 0 Å². The van der Waals surface area contributed by atoms with E-state index in [-0.39, 0.29) is 11.4 Å². The van der Waals surface area contributed by atoms with Crippen molar-refractivity contribution in [2.24, 2.45) is 0 Å². The number of nitrogens with zero attached hydrogens (tertiary/aromatic N) is 1. The van der Waals surface area contributed by atoms with Crippen molar-refractivity contribution in [2.75, 3.05) is 6.54 Å². The number of hydrogen-bond donors (Lipinski definition) is 2. The minimum Gasteiger partial charge on any atom is -0.361 e. The standard InChI is InChI=1S/C17H23N3O2/c1-12-6-5-7-14(8-12)17(3,4)11-19-16(21)18-10-15-9-13(2)22-20-15/h5-9H,10-11H2,1-4H3,(H2,18,19,21). The smallest absolute Gasteiger partial charge is 0.315 e. The van der Waals surface area contributed by atoms with Crippen molar-refractivity contribution in [1.82, 2.24) is 15.8 Å². The average Bonchev–Trinajstić information content (AvgIpc) is 2.89. The van der Waals surface area contributed by atoms with Gasteiger partial charge in [0.15, 0.2) is 0 Å². The number of aryl methyl sites for hydroxylation is 2. The quantitative estimate of drug-likeness (QED) is 0.892. The molecule has 5 heteroatoms. The van der Waals surface area contributed by atoms with E-state index in [4.69, 9.17) is 4.52 Å². The van der Waals surface area contributed by atoms with Gasteiger partial charge in [0.05, 0.1) is 6.54 Å². The summed E-state index contributed by atoms with van der Waals surface area (Å²) in [6.45, 7) is 9.03. The van der Waals surface area contributed by atoms with Crippen LogP contribution >= 0.6 is 0 Å². The van der Waals surface area contributed by atoms with Gasteiger partial charge in [-0.2, -0.15) is 0 Å². The Balaban J connectivity index is 1.84. The van der Waals surface area contributed by atoms with Crippen LogP contribution in [0.4, 0.5) is 4.79 Å². The molecule has 2 amide bonds. The van der Waals surface area contributed by atoms with Gasteiger partial charge in [-0.1, -0.05) is 48.8 Å². The summed E-state index contributed by atoms with van der Waals surface area (Å²) < 4.78 is 4.96. The second-order valence-electron chi connectivity index (χ2n) is 6.22. The lowest BCUT2D eigenvalue weighted by molar-refractivity contribution is 0.237. The lowest BCUT2D eigenvalue weighted by Gasteiger charge is -2.26. The summed E-state index contributed by atoms with van der Waals surface area (Å²) in [5.74, 6) is 0.734.